The van der Waals surface area contributed by atoms with Crippen molar-refractivity contribution >= 4 is 44.8 Å². The number of para-hydroxylation sites is 1. The van der Waals surface area contributed by atoms with E-state index in [2.05, 4.69) is 37.4 Å². The van der Waals surface area contributed by atoms with Crippen molar-refractivity contribution < 1.29 is 18.3 Å². The van der Waals surface area contributed by atoms with Crippen LogP contribution in [-0.4, -0.2) is 49.9 Å². The van der Waals surface area contributed by atoms with E-state index in [1.807, 2.05) is 36.4 Å². The maximum atomic E-state index is 15.1. The fourth-order valence-corrected chi connectivity index (χ4v) is 8.02. The zero-order valence-corrected chi connectivity index (χ0v) is 27.6. The van der Waals surface area contributed by atoms with E-state index in [0.717, 1.165) is 48.2 Å². The van der Waals surface area contributed by atoms with Gasteiger partial charge >= 0.3 is 0 Å². The average molecular weight is 695 g/mol. The smallest absolute Gasteiger partial charge is 0.298 e. The molecule has 11 nitrogen and oxygen atoms in total. The van der Waals surface area contributed by atoms with Gasteiger partial charge in [-0.1, -0.05) is 30.3 Å². The van der Waals surface area contributed by atoms with Gasteiger partial charge in [-0.3, -0.25) is 14.2 Å². The third-order valence-corrected chi connectivity index (χ3v) is 10.4. The SMILES string of the molecule is Nc1nc2sc(C(=O)NCC3COC(Cn4cncn4)(c4ccc(F)cc4F)C3)cc2n(-c2ccc3c(c2)N(c2ccccc2)CCC3)c1=O. The number of aryl methyl sites for hydroxylation is 1. The summed E-state index contributed by atoms with van der Waals surface area (Å²) in [5, 5.41) is 7.13. The minimum Gasteiger partial charge on any atom is -0.379 e. The largest absolute Gasteiger partial charge is 0.379 e. The topological polar surface area (TPSA) is 133 Å². The molecule has 0 aliphatic carbocycles. The van der Waals surface area contributed by atoms with Crippen LogP contribution in [0.2, 0.25) is 0 Å². The monoisotopic (exact) mass is 694 g/mol. The number of amides is 1. The van der Waals surface area contributed by atoms with E-state index in [9.17, 15) is 14.0 Å². The van der Waals surface area contributed by atoms with Crippen LogP contribution < -0.4 is 21.5 Å². The summed E-state index contributed by atoms with van der Waals surface area (Å²) in [5.41, 5.74) is 9.10. The number of halogens is 2. The van der Waals surface area contributed by atoms with Crippen molar-refractivity contribution in [2.75, 3.05) is 30.3 Å². The van der Waals surface area contributed by atoms with Gasteiger partial charge in [0.05, 0.1) is 29.2 Å². The Morgan fingerprint density at radius 3 is 2.74 bits per heavy atom. The Bertz CT molecular complexity index is 2280. The Balaban J connectivity index is 1.05. The van der Waals surface area contributed by atoms with Crippen molar-refractivity contribution in [2.45, 2.75) is 31.4 Å². The minimum atomic E-state index is -1.14. The second-order valence-corrected chi connectivity index (χ2v) is 13.7. The Morgan fingerprint density at radius 1 is 1.08 bits per heavy atom. The third-order valence-electron chi connectivity index (χ3n) is 9.39. The van der Waals surface area contributed by atoms with E-state index < -0.39 is 22.8 Å². The summed E-state index contributed by atoms with van der Waals surface area (Å²) in [6.45, 7) is 1.47. The number of benzene rings is 3. The number of aromatic nitrogens is 5. The summed E-state index contributed by atoms with van der Waals surface area (Å²) < 4.78 is 38.1. The van der Waals surface area contributed by atoms with Gasteiger partial charge in [0.15, 0.2) is 5.82 Å². The predicted molar refractivity (Wildman–Crippen MR) is 186 cm³/mol. The van der Waals surface area contributed by atoms with Crippen LogP contribution in [0, 0.1) is 17.6 Å². The minimum absolute atomic E-state index is 0.159. The van der Waals surface area contributed by atoms with Crippen molar-refractivity contribution in [3.63, 3.8) is 0 Å². The van der Waals surface area contributed by atoms with Gasteiger partial charge in [-0.2, -0.15) is 5.10 Å². The Labute approximate surface area is 289 Å². The lowest BCUT2D eigenvalue weighted by Gasteiger charge is -2.32. The first-order valence-electron chi connectivity index (χ1n) is 16.3. The highest BCUT2D eigenvalue weighted by Gasteiger charge is 2.44. The molecule has 14 heteroatoms. The number of nitrogens with zero attached hydrogens (tertiary/aromatic N) is 6. The fraction of sp³-hybridized carbons (Fsp3) is 0.250. The zero-order chi connectivity index (χ0) is 34.4. The molecule has 3 aromatic heterocycles. The molecule has 0 radical (unpaired) electrons. The van der Waals surface area contributed by atoms with Crippen LogP contribution in [0.4, 0.5) is 26.0 Å². The number of hydrogen-bond donors (Lipinski definition) is 2. The number of carbonyl (C=O) groups is 1. The number of fused-ring (bicyclic) bond motifs is 2. The molecule has 0 spiro atoms. The summed E-state index contributed by atoms with van der Waals surface area (Å²) in [4.78, 5) is 38.4. The van der Waals surface area contributed by atoms with Crippen molar-refractivity contribution in [3.8, 4) is 5.69 Å². The number of carbonyl (C=O) groups excluding carboxylic acids is 1. The zero-order valence-electron chi connectivity index (χ0n) is 26.8. The van der Waals surface area contributed by atoms with Crippen LogP contribution in [0.25, 0.3) is 16.0 Å². The average Bonchev–Trinajstić information content (AvgIpc) is 3.89. The molecule has 254 valence electrons. The van der Waals surface area contributed by atoms with Gasteiger partial charge in [0, 0.05) is 42.0 Å². The van der Waals surface area contributed by atoms with Crippen molar-refractivity contribution in [1.82, 2.24) is 29.6 Å². The molecular formula is C36H32F2N8O3S. The molecule has 50 heavy (non-hydrogen) atoms. The number of thiophene rings is 1. The summed E-state index contributed by atoms with van der Waals surface area (Å²) in [5.74, 6) is -2.10. The van der Waals surface area contributed by atoms with E-state index in [4.69, 9.17) is 10.5 Å². The Kier molecular flexibility index (Phi) is 8.11. The molecule has 0 bridgehead atoms. The Morgan fingerprint density at radius 2 is 1.94 bits per heavy atom. The van der Waals surface area contributed by atoms with Gasteiger partial charge < -0.3 is 20.7 Å². The molecular weight excluding hydrogens is 663 g/mol. The van der Waals surface area contributed by atoms with Gasteiger partial charge in [-0.25, -0.2) is 23.4 Å². The van der Waals surface area contributed by atoms with Gasteiger partial charge in [0.1, 0.15) is 34.7 Å². The number of anilines is 3. The molecule has 8 rings (SSSR count). The van der Waals surface area contributed by atoms with E-state index >= 15 is 4.39 Å². The molecule has 6 aromatic rings. The van der Waals surface area contributed by atoms with Crippen LogP contribution in [0.15, 0.2) is 90.2 Å². The van der Waals surface area contributed by atoms with Crippen molar-refractivity contribution in [3.05, 3.63) is 123 Å². The van der Waals surface area contributed by atoms with Crippen LogP contribution in [-0.2, 0) is 23.3 Å². The maximum absolute atomic E-state index is 15.1. The maximum Gasteiger partial charge on any atom is 0.298 e. The molecule has 3 N–H and O–H groups in total. The molecule has 2 unspecified atom stereocenters. The second-order valence-electron chi connectivity index (χ2n) is 12.6. The van der Waals surface area contributed by atoms with E-state index in [0.29, 0.717) is 27.3 Å². The molecule has 1 amide bonds. The molecule has 1 fully saturated rings. The van der Waals surface area contributed by atoms with Crippen LogP contribution in [0.3, 0.4) is 0 Å². The normalized spacial score (nSPS) is 18.8. The molecule has 2 aliphatic rings. The molecule has 0 saturated carbocycles. The highest BCUT2D eigenvalue weighted by Crippen LogP contribution is 2.42. The third kappa shape index (κ3) is 5.79. The number of hydrogen-bond acceptors (Lipinski definition) is 9. The number of rotatable bonds is 8. The quantitative estimate of drug-likeness (QED) is 0.218. The fourth-order valence-electron chi connectivity index (χ4n) is 7.07. The summed E-state index contributed by atoms with van der Waals surface area (Å²) in [7, 11) is 0. The van der Waals surface area contributed by atoms with Crippen LogP contribution in [0.1, 0.15) is 33.6 Å². The Hall–Kier alpha value is -5.47. The first kappa shape index (κ1) is 31.8. The molecule has 2 aliphatic heterocycles. The lowest BCUT2D eigenvalue weighted by molar-refractivity contribution is -0.0203. The van der Waals surface area contributed by atoms with E-state index in [1.165, 1.54) is 34.9 Å². The van der Waals surface area contributed by atoms with Crippen LogP contribution in [0.5, 0.6) is 0 Å². The molecule has 2 atom stereocenters. The van der Waals surface area contributed by atoms with Crippen molar-refractivity contribution in [1.29, 1.82) is 0 Å². The number of nitrogens with two attached hydrogens (primary N) is 1. The van der Waals surface area contributed by atoms with E-state index in [1.54, 1.807) is 10.7 Å². The van der Waals surface area contributed by atoms with Gasteiger partial charge in [-0.15, -0.1) is 11.3 Å². The van der Waals surface area contributed by atoms with Crippen molar-refractivity contribution in [2.24, 2.45) is 5.92 Å². The number of nitrogens with one attached hydrogen (secondary N) is 1. The highest BCUT2D eigenvalue weighted by atomic mass is 32.1. The number of ether oxygens (including phenoxy) is 1. The summed E-state index contributed by atoms with van der Waals surface area (Å²) in [6.07, 6.45) is 5.16. The first-order valence-corrected chi connectivity index (χ1v) is 17.1. The summed E-state index contributed by atoms with van der Waals surface area (Å²) in [6, 6.07) is 21.1. The lowest BCUT2D eigenvalue weighted by Crippen LogP contribution is -2.34. The van der Waals surface area contributed by atoms with Gasteiger partial charge in [0.2, 0.25) is 0 Å². The van der Waals surface area contributed by atoms with E-state index in [-0.39, 0.29) is 42.9 Å². The molecule has 3 aromatic carbocycles. The van der Waals surface area contributed by atoms with Gasteiger partial charge in [-0.05, 0) is 61.2 Å². The van der Waals surface area contributed by atoms with Gasteiger partial charge in [0.25, 0.3) is 11.5 Å². The summed E-state index contributed by atoms with van der Waals surface area (Å²) >= 11 is 1.14. The predicted octanol–water partition coefficient (Wildman–Crippen LogP) is 5.35. The standard InChI is InChI=1S/C36H32F2N8O3S/c37-24-9-11-27(28(38)13-24)36(19-44-21-40-20-42-44)16-22(18-49-36)17-41-33(47)31-15-30-34(50-31)43-32(39)35(48)46(30)26-10-8-23-5-4-12-45(29(23)14-26)25-6-2-1-3-7-25/h1-3,6-11,13-15,20-22H,4-5,12,16-19H2,(H2,39,43)(H,41,47). The highest BCUT2D eigenvalue weighted by molar-refractivity contribution is 7.20. The first-order chi connectivity index (χ1) is 24.3. The lowest BCUT2D eigenvalue weighted by atomic mass is 9.86. The number of nitrogen functional groups attached to an aromatic ring is 1. The second kappa shape index (κ2) is 12.8. The molecule has 1 saturated heterocycles. The molecule has 5 heterocycles. The van der Waals surface area contributed by atoms with Crippen LogP contribution >= 0.6 is 11.3 Å².